The predicted molar refractivity (Wildman–Crippen MR) is 73.3 cm³/mol. The Kier molecular flexibility index (Phi) is 4.58. The zero-order chi connectivity index (χ0) is 14.8. The van der Waals surface area contributed by atoms with Crippen molar-refractivity contribution in [2.75, 3.05) is 0 Å². The van der Waals surface area contributed by atoms with Gasteiger partial charge in [-0.3, -0.25) is 10.1 Å². The summed E-state index contributed by atoms with van der Waals surface area (Å²) >= 11 is 6.30. The third-order valence-electron chi connectivity index (χ3n) is 3.88. The Labute approximate surface area is 121 Å². The number of rotatable bonds is 4. The molecule has 0 bridgehead atoms. The molecule has 0 heterocycles. The quantitative estimate of drug-likeness (QED) is 0.464. The van der Waals surface area contributed by atoms with E-state index in [9.17, 15) is 18.9 Å². The smallest absolute Gasteiger partial charge is 0.258 e. The molecule has 0 spiro atoms. The molecule has 0 N–H and O–H groups in total. The Morgan fingerprint density at radius 1 is 1.35 bits per heavy atom. The van der Waals surface area contributed by atoms with E-state index in [1.165, 1.54) is 6.07 Å². The van der Waals surface area contributed by atoms with Crippen molar-refractivity contribution in [2.24, 2.45) is 5.92 Å². The molecule has 1 aromatic carbocycles. The zero-order valence-corrected chi connectivity index (χ0v) is 11.7. The Bertz CT molecular complexity index is 486. The van der Waals surface area contributed by atoms with Crippen LogP contribution < -0.4 is 0 Å². The number of nitro benzene ring substituents is 1. The van der Waals surface area contributed by atoms with Crippen LogP contribution >= 0.6 is 11.6 Å². The molecule has 0 radical (unpaired) electrons. The number of hydrogen-bond acceptors (Lipinski definition) is 2. The lowest BCUT2D eigenvalue weighted by Crippen LogP contribution is -2.29. The van der Waals surface area contributed by atoms with Gasteiger partial charge in [-0.25, -0.2) is 8.78 Å². The summed E-state index contributed by atoms with van der Waals surface area (Å²) in [6.45, 7) is 0. The van der Waals surface area contributed by atoms with Crippen molar-refractivity contribution in [3.05, 3.63) is 39.9 Å². The molecule has 1 fully saturated rings. The van der Waals surface area contributed by atoms with Gasteiger partial charge in [-0.1, -0.05) is 18.2 Å². The summed E-state index contributed by atoms with van der Waals surface area (Å²) in [6.07, 6.45) is 0.814. The summed E-state index contributed by atoms with van der Waals surface area (Å²) in [6, 6.07) is 6.44. The van der Waals surface area contributed by atoms with Crippen LogP contribution in [0.2, 0.25) is 0 Å². The molecule has 1 aromatic rings. The maximum Gasteiger partial charge on any atom is 0.272 e. The summed E-state index contributed by atoms with van der Waals surface area (Å²) in [4.78, 5) is 10.5. The molecule has 1 unspecified atom stereocenters. The molecular formula is C14H16ClF2NO2. The lowest BCUT2D eigenvalue weighted by molar-refractivity contribution is -0.385. The maximum atomic E-state index is 13.1. The van der Waals surface area contributed by atoms with Crippen LogP contribution in [0.1, 0.15) is 31.2 Å². The maximum absolute atomic E-state index is 13.1. The molecule has 1 saturated carbocycles. The highest BCUT2D eigenvalue weighted by atomic mass is 35.5. The highest BCUT2D eigenvalue weighted by Crippen LogP contribution is 2.39. The number of nitrogens with zero attached hydrogens (tertiary/aromatic N) is 1. The molecule has 1 atom stereocenters. The van der Waals surface area contributed by atoms with Crippen molar-refractivity contribution in [2.45, 2.75) is 43.4 Å². The van der Waals surface area contributed by atoms with Crippen LogP contribution in [0.5, 0.6) is 0 Å². The largest absolute Gasteiger partial charge is 0.272 e. The Balaban J connectivity index is 2.02. The van der Waals surface area contributed by atoms with Crippen molar-refractivity contribution in [1.82, 2.24) is 0 Å². The first kappa shape index (κ1) is 15.2. The monoisotopic (exact) mass is 303 g/mol. The first-order valence-electron chi connectivity index (χ1n) is 6.63. The van der Waals surface area contributed by atoms with E-state index in [2.05, 4.69) is 0 Å². The molecule has 2 rings (SSSR count). The van der Waals surface area contributed by atoms with Crippen molar-refractivity contribution in [1.29, 1.82) is 0 Å². The fourth-order valence-electron chi connectivity index (χ4n) is 2.66. The third kappa shape index (κ3) is 3.66. The Hall–Kier alpha value is -1.23. The summed E-state index contributed by atoms with van der Waals surface area (Å²) in [5.41, 5.74) is 0.606. The molecule has 0 aromatic heterocycles. The average molecular weight is 304 g/mol. The highest BCUT2D eigenvalue weighted by molar-refractivity contribution is 6.21. The topological polar surface area (TPSA) is 43.1 Å². The van der Waals surface area contributed by atoms with Crippen molar-refractivity contribution >= 4 is 17.3 Å². The lowest BCUT2D eigenvalue weighted by atomic mass is 9.83. The molecule has 0 amide bonds. The van der Waals surface area contributed by atoms with Crippen LogP contribution in [0.25, 0.3) is 0 Å². The van der Waals surface area contributed by atoms with Gasteiger partial charge in [0, 0.05) is 29.8 Å². The van der Waals surface area contributed by atoms with E-state index in [-0.39, 0.29) is 29.8 Å². The fourth-order valence-corrected chi connectivity index (χ4v) is 3.08. The van der Waals surface area contributed by atoms with Crippen molar-refractivity contribution in [3.8, 4) is 0 Å². The first-order chi connectivity index (χ1) is 9.39. The summed E-state index contributed by atoms with van der Waals surface area (Å²) < 4.78 is 26.2. The minimum absolute atomic E-state index is 0.00361. The molecule has 1 aliphatic rings. The zero-order valence-electron chi connectivity index (χ0n) is 10.9. The van der Waals surface area contributed by atoms with Gasteiger partial charge in [-0.05, 0) is 25.2 Å². The Morgan fingerprint density at radius 2 is 1.95 bits per heavy atom. The van der Waals surface area contributed by atoms with Crippen LogP contribution in [-0.2, 0) is 6.42 Å². The van der Waals surface area contributed by atoms with Gasteiger partial charge in [0.1, 0.15) is 0 Å². The van der Waals surface area contributed by atoms with Gasteiger partial charge in [0.2, 0.25) is 5.92 Å². The van der Waals surface area contributed by atoms with Gasteiger partial charge in [-0.2, -0.15) is 0 Å². The average Bonchev–Trinajstić information content (AvgIpc) is 2.38. The van der Waals surface area contributed by atoms with Crippen LogP contribution in [0, 0.1) is 16.0 Å². The molecular weight excluding hydrogens is 288 g/mol. The van der Waals surface area contributed by atoms with Gasteiger partial charge < -0.3 is 0 Å². The van der Waals surface area contributed by atoms with E-state index < -0.39 is 10.8 Å². The number of halogens is 3. The minimum atomic E-state index is -2.58. The van der Waals surface area contributed by atoms with Gasteiger partial charge >= 0.3 is 0 Å². The number of benzene rings is 1. The van der Waals surface area contributed by atoms with E-state index in [4.69, 9.17) is 11.6 Å². The second kappa shape index (κ2) is 6.04. The second-order valence-corrected chi connectivity index (χ2v) is 5.86. The van der Waals surface area contributed by atoms with Crippen LogP contribution in [-0.4, -0.2) is 16.2 Å². The lowest BCUT2D eigenvalue weighted by Gasteiger charge is -2.31. The van der Waals surface area contributed by atoms with E-state index in [1.54, 1.807) is 18.2 Å². The summed E-state index contributed by atoms with van der Waals surface area (Å²) in [5, 5.41) is 10.6. The van der Waals surface area contributed by atoms with Gasteiger partial charge in [0.15, 0.2) is 0 Å². The van der Waals surface area contributed by atoms with Gasteiger partial charge in [0.25, 0.3) is 5.69 Å². The molecule has 0 saturated heterocycles. The molecule has 3 nitrogen and oxygen atoms in total. The normalized spacial score (nSPS) is 20.6. The number of nitro groups is 1. The fraction of sp³-hybridized carbons (Fsp3) is 0.571. The SMILES string of the molecule is O=[N+]([O-])c1ccccc1CC(Cl)C1CCC(F)(F)CC1. The third-order valence-corrected chi connectivity index (χ3v) is 4.39. The van der Waals surface area contributed by atoms with E-state index in [0.717, 1.165) is 0 Å². The second-order valence-electron chi connectivity index (χ2n) is 5.30. The van der Waals surface area contributed by atoms with E-state index in [1.807, 2.05) is 0 Å². The highest BCUT2D eigenvalue weighted by Gasteiger charge is 2.37. The summed E-state index contributed by atoms with van der Waals surface area (Å²) in [5.74, 6) is -2.58. The van der Waals surface area contributed by atoms with Gasteiger partial charge in [0.05, 0.1) is 4.92 Å². The number of alkyl halides is 3. The molecule has 0 aliphatic heterocycles. The van der Waals surface area contributed by atoms with Crippen molar-refractivity contribution < 1.29 is 13.7 Å². The van der Waals surface area contributed by atoms with Crippen molar-refractivity contribution in [3.63, 3.8) is 0 Å². The first-order valence-corrected chi connectivity index (χ1v) is 7.07. The summed E-state index contributed by atoms with van der Waals surface area (Å²) in [7, 11) is 0. The molecule has 20 heavy (non-hydrogen) atoms. The standard InChI is InChI=1S/C14H16ClF2NO2/c15-12(10-5-7-14(16,17)8-6-10)9-11-3-1-2-4-13(11)18(19)20/h1-4,10,12H,5-9H2. The minimum Gasteiger partial charge on any atom is -0.258 e. The Morgan fingerprint density at radius 3 is 2.55 bits per heavy atom. The molecule has 1 aliphatic carbocycles. The molecule has 110 valence electrons. The number of para-hydroxylation sites is 1. The van der Waals surface area contributed by atoms with Crippen LogP contribution in [0.3, 0.4) is 0 Å². The van der Waals surface area contributed by atoms with Crippen LogP contribution in [0.15, 0.2) is 24.3 Å². The van der Waals surface area contributed by atoms with Gasteiger partial charge in [-0.15, -0.1) is 11.6 Å². The van der Waals surface area contributed by atoms with E-state index in [0.29, 0.717) is 24.8 Å². The van der Waals surface area contributed by atoms with E-state index >= 15 is 0 Å². The predicted octanol–water partition coefficient (Wildman–Crippen LogP) is 4.57. The number of hydrogen-bond donors (Lipinski definition) is 0. The van der Waals surface area contributed by atoms with Crippen LogP contribution in [0.4, 0.5) is 14.5 Å². The molecule has 6 heteroatoms.